The Kier molecular flexibility index (Phi) is 4.79. The van der Waals surface area contributed by atoms with Crippen molar-refractivity contribution in [3.05, 3.63) is 57.1 Å². The highest BCUT2D eigenvalue weighted by atomic mass is 16.6. The summed E-state index contributed by atoms with van der Waals surface area (Å²) in [5.41, 5.74) is 1.99. The Hall–Kier alpha value is -3.09. The quantitative estimate of drug-likeness (QED) is 0.648. The first-order valence-corrected chi connectivity index (χ1v) is 8.42. The molecule has 0 radical (unpaired) electrons. The van der Waals surface area contributed by atoms with Crippen LogP contribution in [0.25, 0.3) is 0 Å². The minimum Gasteiger partial charge on any atom is -0.492 e. The van der Waals surface area contributed by atoms with Crippen molar-refractivity contribution >= 4 is 17.3 Å². The third-order valence-electron chi connectivity index (χ3n) is 4.29. The van der Waals surface area contributed by atoms with Crippen LogP contribution in [0.15, 0.2) is 30.3 Å². The highest BCUT2D eigenvalue weighted by Crippen LogP contribution is 2.38. The lowest BCUT2D eigenvalue weighted by molar-refractivity contribution is -0.385. The second-order valence-electron chi connectivity index (χ2n) is 6.18. The van der Waals surface area contributed by atoms with Gasteiger partial charge in [0.1, 0.15) is 17.6 Å². The monoisotopic (exact) mass is 356 g/mol. The molecule has 1 aliphatic rings. The van der Waals surface area contributed by atoms with E-state index in [0.29, 0.717) is 29.4 Å². The maximum absolute atomic E-state index is 12.7. The molecule has 0 saturated heterocycles. The zero-order chi connectivity index (χ0) is 18.8. The third kappa shape index (κ3) is 3.33. The maximum atomic E-state index is 12.7. The van der Waals surface area contributed by atoms with Gasteiger partial charge in [-0.2, -0.15) is 0 Å². The van der Waals surface area contributed by atoms with E-state index in [1.807, 2.05) is 19.9 Å². The predicted molar refractivity (Wildman–Crippen MR) is 97.2 cm³/mol. The zero-order valence-corrected chi connectivity index (χ0v) is 14.9. The minimum atomic E-state index is -0.498. The molecule has 136 valence electrons. The summed E-state index contributed by atoms with van der Waals surface area (Å²) in [6.45, 7) is 5.85. The highest BCUT2D eigenvalue weighted by molar-refractivity contribution is 6.06. The molecule has 1 atom stereocenters. The average Bonchev–Trinajstić information content (AvgIpc) is 2.94. The Bertz CT molecular complexity index is 878. The third-order valence-corrected chi connectivity index (χ3v) is 4.29. The molecular formula is C19H20N2O5. The molecule has 0 aromatic heterocycles. The normalized spacial score (nSPS) is 15.1. The number of amides is 1. The van der Waals surface area contributed by atoms with Gasteiger partial charge in [-0.1, -0.05) is 6.07 Å². The number of rotatable bonds is 5. The first kappa shape index (κ1) is 17.7. The van der Waals surface area contributed by atoms with E-state index in [9.17, 15) is 14.9 Å². The van der Waals surface area contributed by atoms with Crippen LogP contribution in [0.4, 0.5) is 11.4 Å². The van der Waals surface area contributed by atoms with Crippen LogP contribution in [0.3, 0.4) is 0 Å². The first-order valence-electron chi connectivity index (χ1n) is 8.42. The molecule has 3 rings (SSSR count). The lowest BCUT2D eigenvalue weighted by Gasteiger charge is -2.14. The van der Waals surface area contributed by atoms with Crippen LogP contribution in [0.5, 0.6) is 11.5 Å². The molecule has 1 heterocycles. The van der Waals surface area contributed by atoms with Crippen molar-refractivity contribution in [3.63, 3.8) is 0 Å². The molecule has 0 fully saturated rings. The minimum absolute atomic E-state index is 0.0736. The van der Waals surface area contributed by atoms with Gasteiger partial charge in [-0.05, 0) is 32.9 Å². The predicted octanol–water partition coefficient (Wildman–Crippen LogP) is 3.88. The second-order valence-corrected chi connectivity index (χ2v) is 6.18. The molecule has 2 aromatic carbocycles. The van der Waals surface area contributed by atoms with Crippen molar-refractivity contribution in [1.29, 1.82) is 0 Å². The van der Waals surface area contributed by atoms with Gasteiger partial charge in [0.05, 0.1) is 17.2 Å². The standard InChI is InChI=1S/C19H20N2O5/c1-4-25-18-9-13-8-11(2)26-17(13)10-15(18)20-19(22)14-6-5-7-16(12(14)3)21(23)24/h5-7,9-11H,4,8H2,1-3H3,(H,20,22)/t11-/m0/s1. The largest absolute Gasteiger partial charge is 0.492 e. The first-order chi connectivity index (χ1) is 12.4. The van der Waals surface area contributed by atoms with Gasteiger partial charge in [0.2, 0.25) is 0 Å². The number of nitrogens with one attached hydrogen (secondary N) is 1. The highest BCUT2D eigenvalue weighted by Gasteiger charge is 2.24. The molecule has 7 heteroatoms. The smallest absolute Gasteiger partial charge is 0.273 e. The Morgan fingerprint density at radius 2 is 2.19 bits per heavy atom. The van der Waals surface area contributed by atoms with E-state index in [-0.39, 0.29) is 17.4 Å². The van der Waals surface area contributed by atoms with Crippen molar-refractivity contribution in [2.45, 2.75) is 33.3 Å². The summed E-state index contributed by atoms with van der Waals surface area (Å²) in [5.74, 6) is 0.838. The maximum Gasteiger partial charge on any atom is 0.273 e. The molecule has 0 bridgehead atoms. The summed E-state index contributed by atoms with van der Waals surface area (Å²) >= 11 is 0. The van der Waals surface area contributed by atoms with Crippen LogP contribution in [0.2, 0.25) is 0 Å². The van der Waals surface area contributed by atoms with Gasteiger partial charge in [0.15, 0.2) is 0 Å². The lowest BCUT2D eigenvalue weighted by Crippen LogP contribution is -2.15. The number of nitro groups is 1. The molecule has 7 nitrogen and oxygen atoms in total. The van der Waals surface area contributed by atoms with Crippen molar-refractivity contribution < 1.29 is 19.2 Å². The number of carbonyl (C=O) groups is 1. The topological polar surface area (TPSA) is 90.7 Å². The average molecular weight is 356 g/mol. The Morgan fingerprint density at radius 1 is 1.42 bits per heavy atom. The van der Waals surface area contributed by atoms with Crippen LogP contribution in [0.1, 0.15) is 35.3 Å². The number of nitro benzene ring substituents is 1. The number of anilines is 1. The van der Waals surface area contributed by atoms with E-state index in [0.717, 1.165) is 12.0 Å². The summed E-state index contributed by atoms with van der Waals surface area (Å²) in [6, 6.07) is 8.05. The van der Waals surface area contributed by atoms with Gasteiger partial charge < -0.3 is 14.8 Å². The Morgan fingerprint density at radius 3 is 2.88 bits per heavy atom. The van der Waals surface area contributed by atoms with E-state index < -0.39 is 10.8 Å². The van der Waals surface area contributed by atoms with Crippen LogP contribution >= 0.6 is 0 Å². The number of hydrogen-bond donors (Lipinski definition) is 1. The van der Waals surface area contributed by atoms with Crippen molar-refractivity contribution in [2.75, 3.05) is 11.9 Å². The molecule has 0 saturated carbocycles. The fraction of sp³-hybridized carbons (Fsp3) is 0.316. The number of fused-ring (bicyclic) bond motifs is 1. The van der Waals surface area contributed by atoms with Crippen LogP contribution in [-0.2, 0) is 6.42 Å². The number of carbonyl (C=O) groups excluding carboxylic acids is 1. The van der Waals surface area contributed by atoms with E-state index in [2.05, 4.69) is 5.32 Å². The summed E-state index contributed by atoms with van der Waals surface area (Å²) in [4.78, 5) is 23.3. The summed E-state index contributed by atoms with van der Waals surface area (Å²) in [6.07, 6.45) is 0.859. The number of hydrogen-bond acceptors (Lipinski definition) is 5. The molecule has 26 heavy (non-hydrogen) atoms. The number of ether oxygens (including phenoxy) is 2. The van der Waals surface area contributed by atoms with Gasteiger partial charge in [-0.15, -0.1) is 0 Å². The molecule has 1 amide bonds. The van der Waals surface area contributed by atoms with Crippen LogP contribution in [0, 0.1) is 17.0 Å². The zero-order valence-electron chi connectivity index (χ0n) is 14.9. The second kappa shape index (κ2) is 7.03. The molecule has 0 spiro atoms. The van der Waals surface area contributed by atoms with Gasteiger partial charge in [0, 0.05) is 35.2 Å². The SMILES string of the molecule is CCOc1cc2c(cc1NC(=O)c1cccc([N+](=O)[O-])c1C)O[C@@H](C)C2. The number of benzene rings is 2. The van der Waals surface area contributed by atoms with E-state index in [1.54, 1.807) is 19.1 Å². The van der Waals surface area contributed by atoms with Crippen LogP contribution in [-0.4, -0.2) is 23.5 Å². The Balaban J connectivity index is 1.94. The van der Waals surface area contributed by atoms with E-state index >= 15 is 0 Å². The van der Waals surface area contributed by atoms with Crippen molar-refractivity contribution in [1.82, 2.24) is 0 Å². The molecule has 0 aliphatic carbocycles. The fourth-order valence-corrected chi connectivity index (χ4v) is 3.07. The van der Waals surface area contributed by atoms with E-state index in [4.69, 9.17) is 9.47 Å². The van der Waals surface area contributed by atoms with Gasteiger partial charge in [-0.25, -0.2) is 0 Å². The Labute approximate surface area is 151 Å². The summed E-state index contributed by atoms with van der Waals surface area (Å²) in [5, 5.41) is 13.9. The van der Waals surface area contributed by atoms with Gasteiger partial charge in [-0.3, -0.25) is 14.9 Å². The van der Waals surface area contributed by atoms with Crippen LogP contribution < -0.4 is 14.8 Å². The lowest BCUT2D eigenvalue weighted by atomic mass is 10.1. The fourth-order valence-electron chi connectivity index (χ4n) is 3.07. The molecule has 1 aliphatic heterocycles. The van der Waals surface area contributed by atoms with Crippen molar-refractivity contribution in [2.24, 2.45) is 0 Å². The number of nitrogens with zero attached hydrogens (tertiary/aromatic N) is 1. The molecular weight excluding hydrogens is 336 g/mol. The van der Waals surface area contributed by atoms with E-state index in [1.165, 1.54) is 12.1 Å². The van der Waals surface area contributed by atoms with Gasteiger partial charge >= 0.3 is 0 Å². The van der Waals surface area contributed by atoms with Gasteiger partial charge in [0.25, 0.3) is 11.6 Å². The summed E-state index contributed by atoms with van der Waals surface area (Å²) < 4.78 is 11.4. The molecule has 2 aromatic rings. The molecule has 0 unspecified atom stereocenters. The summed E-state index contributed by atoms with van der Waals surface area (Å²) in [7, 11) is 0. The van der Waals surface area contributed by atoms with Crippen molar-refractivity contribution in [3.8, 4) is 11.5 Å². The molecule has 1 N–H and O–H groups in total.